The van der Waals surface area contributed by atoms with Crippen LogP contribution in [0.4, 0.5) is 0 Å². The van der Waals surface area contributed by atoms with Crippen LogP contribution in [0.15, 0.2) is 55.0 Å². The molecule has 1 aliphatic rings. The van der Waals surface area contributed by atoms with Gasteiger partial charge in [0.15, 0.2) is 0 Å². The molecule has 1 aliphatic heterocycles. The standard InChI is InChI=1S/C20H18N4O3/c25-18-12-15-4-2-1-3-14(15)11-16(18)19(26)23-7-9-24(10-8-23)20(27)17-13-21-5-6-22-17/h1-6,11-13,25H,7-10H2. The molecule has 0 aliphatic carbocycles. The third-order valence-electron chi connectivity index (χ3n) is 4.73. The van der Waals surface area contributed by atoms with Crippen LogP contribution in [0.2, 0.25) is 0 Å². The van der Waals surface area contributed by atoms with E-state index >= 15 is 0 Å². The van der Waals surface area contributed by atoms with Gasteiger partial charge in [-0.15, -0.1) is 0 Å². The lowest BCUT2D eigenvalue weighted by Gasteiger charge is -2.34. The minimum absolute atomic E-state index is 0.0308. The van der Waals surface area contributed by atoms with Crippen molar-refractivity contribution in [1.29, 1.82) is 0 Å². The molecule has 7 heteroatoms. The molecule has 0 unspecified atom stereocenters. The van der Waals surface area contributed by atoms with Gasteiger partial charge in [0.05, 0.1) is 11.8 Å². The van der Waals surface area contributed by atoms with Crippen LogP contribution in [0, 0.1) is 0 Å². The number of carbonyl (C=O) groups excluding carboxylic acids is 2. The van der Waals surface area contributed by atoms with Gasteiger partial charge in [0.1, 0.15) is 11.4 Å². The number of benzene rings is 2. The quantitative estimate of drug-likeness (QED) is 0.753. The maximum atomic E-state index is 12.9. The van der Waals surface area contributed by atoms with E-state index in [2.05, 4.69) is 9.97 Å². The van der Waals surface area contributed by atoms with Gasteiger partial charge < -0.3 is 14.9 Å². The minimum atomic E-state index is -0.232. The average molecular weight is 362 g/mol. The fourth-order valence-electron chi connectivity index (χ4n) is 3.25. The van der Waals surface area contributed by atoms with Gasteiger partial charge in [-0.25, -0.2) is 4.98 Å². The lowest BCUT2D eigenvalue weighted by Crippen LogP contribution is -2.50. The molecule has 2 heterocycles. The van der Waals surface area contributed by atoms with Gasteiger partial charge in [-0.3, -0.25) is 14.6 Å². The number of hydrogen-bond donors (Lipinski definition) is 1. The van der Waals surface area contributed by atoms with Gasteiger partial charge in [0.2, 0.25) is 0 Å². The van der Waals surface area contributed by atoms with Gasteiger partial charge in [-0.1, -0.05) is 24.3 Å². The summed E-state index contributed by atoms with van der Waals surface area (Å²) in [6.07, 6.45) is 4.44. The first-order valence-corrected chi connectivity index (χ1v) is 8.70. The van der Waals surface area contributed by atoms with Gasteiger partial charge >= 0.3 is 0 Å². The molecule has 4 rings (SSSR count). The van der Waals surface area contributed by atoms with Crippen LogP contribution in [0.3, 0.4) is 0 Å². The van der Waals surface area contributed by atoms with Crippen molar-refractivity contribution in [2.75, 3.05) is 26.2 Å². The predicted octanol–water partition coefficient (Wildman–Crippen LogP) is 1.93. The second kappa shape index (κ2) is 7.03. The second-order valence-corrected chi connectivity index (χ2v) is 6.39. The van der Waals surface area contributed by atoms with Gasteiger partial charge in [0.25, 0.3) is 11.8 Å². The Balaban J connectivity index is 1.47. The van der Waals surface area contributed by atoms with E-state index in [1.165, 1.54) is 18.6 Å². The summed E-state index contributed by atoms with van der Waals surface area (Å²) in [5, 5.41) is 12.1. The first kappa shape index (κ1) is 17.0. The van der Waals surface area contributed by atoms with Crippen molar-refractivity contribution in [3.05, 3.63) is 66.2 Å². The fourth-order valence-corrected chi connectivity index (χ4v) is 3.25. The van der Waals surface area contributed by atoms with Gasteiger partial charge in [-0.05, 0) is 22.9 Å². The molecule has 1 saturated heterocycles. The van der Waals surface area contributed by atoms with Gasteiger partial charge in [-0.2, -0.15) is 0 Å². The zero-order chi connectivity index (χ0) is 18.8. The van der Waals surface area contributed by atoms with E-state index in [1.807, 2.05) is 24.3 Å². The largest absolute Gasteiger partial charge is 0.507 e. The summed E-state index contributed by atoms with van der Waals surface area (Å²) in [5.41, 5.74) is 0.576. The number of aromatic hydroxyl groups is 1. The highest BCUT2D eigenvalue weighted by atomic mass is 16.3. The van der Waals surface area contributed by atoms with Crippen molar-refractivity contribution in [2.45, 2.75) is 0 Å². The molecule has 2 aromatic carbocycles. The fraction of sp³-hybridized carbons (Fsp3) is 0.200. The van der Waals surface area contributed by atoms with Crippen LogP contribution in [-0.4, -0.2) is 62.9 Å². The van der Waals surface area contributed by atoms with E-state index in [0.717, 1.165) is 10.8 Å². The summed E-state index contributed by atoms with van der Waals surface area (Å²) >= 11 is 0. The average Bonchev–Trinajstić information content (AvgIpc) is 2.73. The Bertz CT molecular complexity index is 999. The highest BCUT2D eigenvalue weighted by Gasteiger charge is 2.27. The summed E-state index contributed by atoms with van der Waals surface area (Å²) in [4.78, 5) is 36.5. The number of phenolic OH excluding ortho intramolecular Hbond substituents is 1. The maximum absolute atomic E-state index is 12.9. The molecule has 1 N–H and O–H groups in total. The van der Waals surface area contributed by atoms with Crippen LogP contribution in [0.25, 0.3) is 10.8 Å². The lowest BCUT2D eigenvalue weighted by atomic mass is 10.0. The Kier molecular flexibility index (Phi) is 4.42. The third kappa shape index (κ3) is 3.31. The van der Waals surface area contributed by atoms with Gasteiger partial charge in [0, 0.05) is 38.6 Å². The van der Waals surface area contributed by atoms with Crippen molar-refractivity contribution in [3.63, 3.8) is 0 Å². The van der Waals surface area contributed by atoms with E-state index in [-0.39, 0.29) is 23.1 Å². The molecular formula is C20H18N4O3. The topological polar surface area (TPSA) is 86.6 Å². The number of hydrogen-bond acceptors (Lipinski definition) is 5. The molecule has 1 aromatic heterocycles. The van der Waals surface area contributed by atoms with Crippen LogP contribution < -0.4 is 0 Å². The Hall–Kier alpha value is -3.48. The molecule has 0 radical (unpaired) electrons. The summed E-state index contributed by atoms with van der Waals surface area (Å²) in [7, 11) is 0. The SMILES string of the molecule is O=C(c1cnccn1)N1CCN(C(=O)c2cc3ccccc3cc2O)CC1. The normalized spacial score (nSPS) is 14.4. The monoisotopic (exact) mass is 362 g/mol. The molecule has 136 valence electrons. The first-order valence-electron chi connectivity index (χ1n) is 8.70. The van der Waals surface area contributed by atoms with Crippen molar-refractivity contribution in [3.8, 4) is 5.75 Å². The molecule has 0 atom stereocenters. The third-order valence-corrected chi connectivity index (χ3v) is 4.73. The molecule has 7 nitrogen and oxygen atoms in total. The maximum Gasteiger partial charge on any atom is 0.274 e. The number of nitrogens with zero attached hydrogens (tertiary/aromatic N) is 4. The molecule has 0 spiro atoms. The number of piperazine rings is 1. The van der Waals surface area contributed by atoms with Crippen molar-refractivity contribution >= 4 is 22.6 Å². The summed E-state index contributed by atoms with van der Waals surface area (Å²) in [5.74, 6) is -0.453. The number of fused-ring (bicyclic) bond motifs is 1. The first-order chi connectivity index (χ1) is 13.1. The van der Waals surface area contributed by atoms with E-state index in [1.54, 1.807) is 21.9 Å². The number of aromatic nitrogens is 2. The van der Waals surface area contributed by atoms with Crippen LogP contribution in [0.5, 0.6) is 5.75 Å². The zero-order valence-corrected chi connectivity index (χ0v) is 14.6. The molecule has 3 aromatic rings. The Labute approximate surface area is 155 Å². The zero-order valence-electron chi connectivity index (χ0n) is 14.6. The predicted molar refractivity (Wildman–Crippen MR) is 99.5 cm³/mol. The smallest absolute Gasteiger partial charge is 0.274 e. The molecule has 1 fully saturated rings. The minimum Gasteiger partial charge on any atom is -0.507 e. The van der Waals surface area contributed by atoms with Crippen molar-refractivity contribution in [1.82, 2.24) is 19.8 Å². The Morgan fingerprint density at radius 2 is 1.52 bits per heavy atom. The Morgan fingerprint density at radius 3 is 2.15 bits per heavy atom. The summed E-state index contributed by atoms with van der Waals surface area (Å²) in [6, 6.07) is 10.9. The van der Waals surface area contributed by atoms with E-state index in [4.69, 9.17) is 0 Å². The summed E-state index contributed by atoms with van der Waals surface area (Å²) in [6.45, 7) is 1.62. The number of amides is 2. The van der Waals surface area contributed by atoms with Crippen LogP contribution >= 0.6 is 0 Å². The second-order valence-electron chi connectivity index (χ2n) is 6.39. The number of rotatable bonds is 2. The Morgan fingerprint density at radius 1 is 0.889 bits per heavy atom. The highest BCUT2D eigenvalue weighted by molar-refractivity contribution is 6.01. The molecular weight excluding hydrogens is 344 g/mol. The van der Waals surface area contributed by atoms with Crippen molar-refractivity contribution < 1.29 is 14.7 Å². The summed E-state index contributed by atoms with van der Waals surface area (Å²) < 4.78 is 0. The number of carbonyl (C=O) groups is 2. The van der Waals surface area contributed by atoms with Crippen LogP contribution in [0.1, 0.15) is 20.8 Å². The highest BCUT2D eigenvalue weighted by Crippen LogP contribution is 2.26. The van der Waals surface area contributed by atoms with Crippen LogP contribution in [-0.2, 0) is 0 Å². The lowest BCUT2D eigenvalue weighted by molar-refractivity contribution is 0.0530. The number of phenols is 1. The molecule has 0 saturated carbocycles. The van der Waals surface area contributed by atoms with E-state index in [0.29, 0.717) is 31.9 Å². The van der Waals surface area contributed by atoms with Crippen molar-refractivity contribution in [2.24, 2.45) is 0 Å². The molecule has 0 bridgehead atoms. The van der Waals surface area contributed by atoms with E-state index in [9.17, 15) is 14.7 Å². The molecule has 27 heavy (non-hydrogen) atoms. The molecule has 2 amide bonds. The van der Waals surface area contributed by atoms with E-state index < -0.39 is 0 Å².